The SMILES string of the molecule is Cl.N[C@H](CO)C(=O)N1CCC(Cc2ccc(CCc3ccccc3)cc2)CC1. The first-order valence-electron chi connectivity index (χ1n) is 9.92. The molecule has 1 aliphatic rings. The Morgan fingerprint density at radius 2 is 1.50 bits per heavy atom. The first-order valence-corrected chi connectivity index (χ1v) is 9.92. The average Bonchev–Trinajstić information content (AvgIpc) is 2.73. The molecule has 1 atom stereocenters. The second-order valence-corrected chi connectivity index (χ2v) is 7.56. The van der Waals surface area contributed by atoms with E-state index in [1.807, 2.05) is 0 Å². The summed E-state index contributed by atoms with van der Waals surface area (Å²) in [7, 11) is 0. The standard InChI is InChI=1S/C23H30N2O2.ClH/c24-22(17-26)23(27)25-14-12-21(13-15-25)16-20-10-8-19(9-11-20)7-6-18-4-2-1-3-5-18;/h1-5,8-11,21-22,26H,6-7,12-17,24H2;1H/t22-;/m1./s1. The van der Waals surface area contributed by atoms with Crippen LogP contribution in [0.5, 0.6) is 0 Å². The number of carbonyl (C=O) groups excluding carboxylic acids is 1. The molecule has 0 spiro atoms. The van der Waals surface area contributed by atoms with Crippen LogP contribution in [-0.4, -0.2) is 41.7 Å². The van der Waals surface area contributed by atoms with Gasteiger partial charge in [0.2, 0.25) is 5.91 Å². The number of nitrogens with zero attached hydrogens (tertiary/aromatic N) is 1. The number of hydrogen-bond acceptors (Lipinski definition) is 3. The van der Waals surface area contributed by atoms with Crippen molar-refractivity contribution in [1.82, 2.24) is 4.90 Å². The van der Waals surface area contributed by atoms with Gasteiger partial charge in [0.05, 0.1) is 6.61 Å². The summed E-state index contributed by atoms with van der Waals surface area (Å²) in [6, 6.07) is 18.8. The Hall–Kier alpha value is -1.88. The van der Waals surface area contributed by atoms with Crippen LogP contribution in [0.2, 0.25) is 0 Å². The van der Waals surface area contributed by atoms with Gasteiger partial charge in [-0.15, -0.1) is 12.4 Å². The molecule has 1 heterocycles. The summed E-state index contributed by atoms with van der Waals surface area (Å²) in [6.45, 7) is 1.20. The number of benzene rings is 2. The zero-order valence-corrected chi connectivity index (χ0v) is 17.1. The van der Waals surface area contributed by atoms with E-state index < -0.39 is 6.04 Å². The summed E-state index contributed by atoms with van der Waals surface area (Å²) >= 11 is 0. The van der Waals surface area contributed by atoms with Gasteiger partial charge >= 0.3 is 0 Å². The number of amides is 1. The first kappa shape index (κ1) is 22.4. The highest BCUT2D eigenvalue weighted by atomic mass is 35.5. The maximum absolute atomic E-state index is 12.0. The molecule has 28 heavy (non-hydrogen) atoms. The number of nitrogens with two attached hydrogens (primary N) is 1. The highest BCUT2D eigenvalue weighted by Crippen LogP contribution is 2.22. The zero-order chi connectivity index (χ0) is 19.1. The van der Waals surface area contributed by atoms with Gasteiger partial charge in [-0.05, 0) is 54.7 Å². The van der Waals surface area contributed by atoms with E-state index in [1.54, 1.807) is 4.90 Å². The van der Waals surface area contributed by atoms with Crippen molar-refractivity contribution in [2.24, 2.45) is 11.7 Å². The zero-order valence-electron chi connectivity index (χ0n) is 16.3. The number of aliphatic hydroxyl groups is 1. The summed E-state index contributed by atoms with van der Waals surface area (Å²) < 4.78 is 0. The van der Waals surface area contributed by atoms with Crippen LogP contribution in [0.25, 0.3) is 0 Å². The molecule has 0 unspecified atom stereocenters. The highest BCUT2D eigenvalue weighted by Gasteiger charge is 2.25. The Kier molecular flexibility index (Phi) is 8.97. The lowest BCUT2D eigenvalue weighted by Crippen LogP contribution is -2.48. The predicted octanol–water partition coefficient (Wildman–Crippen LogP) is 2.99. The van der Waals surface area contributed by atoms with Gasteiger partial charge in [-0.1, -0.05) is 54.6 Å². The largest absolute Gasteiger partial charge is 0.394 e. The lowest BCUT2D eigenvalue weighted by molar-refractivity contribution is -0.134. The minimum atomic E-state index is -0.773. The normalized spacial score (nSPS) is 15.7. The molecule has 1 aliphatic heterocycles. The van der Waals surface area contributed by atoms with Crippen LogP contribution < -0.4 is 5.73 Å². The van der Waals surface area contributed by atoms with Gasteiger partial charge in [-0.3, -0.25) is 4.79 Å². The van der Waals surface area contributed by atoms with Crippen LogP contribution in [0, 0.1) is 5.92 Å². The van der Waals surface area contributed by atoms with Crippen molar-refractivity contribution >= 4 is 18.3 Å². The number of hydrogen-bond donors (Lipinski definition) is 2. The highest BCUT2D eigenvalue weighted by molar-refractivity contribution is 5.85. The number of halogens is 1. The quantitative estimate of drug-likeness (QED) is 0.748. The summed E-state index contributed by atoms with van der Waals surface area (Å²) in [5.74, 6) is 0.480. The van der Waals surface area contributed by atoms with Gasteiger partial charge in [0.25, 0.3) is 0 Å². The van der Waals surface area contributed by atoms with Gasteiger partial charge in [0.1, 0.15) is 6.04 Å². The molecule has 1 amide bonds. The van der Waals surface area contributed by atoms with Crippen molar-refractivity contribution in [2.45, 2.75) is 38.1 Å². The van der Waals surface area contributed by atoms with Crippen LogP contribution in [0.3, 0.4) is 0 Å². The smallest absolute Gasteiger partial charge is 0.241 e. The molecule has 152 valence electrons. The Morgan fingerprint density at radius 3 is 2.07 bits per heavy atom. The number of likely N-dealkylation sites (tertiary alicyclic amines) is 1. The molecule has 0 saturated carbocycles. The Morgan fingerprint density at radius 1 is 0.964 bits per heavy atom. The van der Waals surface area contributed by atoms with Crippen LogP contribution in [0.15, 0.2) is 54.6 Å². The van der Waals surface area contributed by atoms with Gasteiger partial charge in [0, 0.05) is 13.1 Å². The predicted molar refractivity (Wildman–Crippen MR) is 116 cm³/mol. The van der Waals surface area contributed by atoms with Crippen molar-refractivity contribution in [2.75, 3.05) is 19.7 Å². The Bertz CT molecular complexity index is 713. The number of carbonyl (C=O) groups is 1. The van der Waals surface area contributed by atoms with Crippen molar-refractivity contribution in [3.63, 3.8) is 0 Å². The summed E-state index contributed by atoms with van der Waals surface area (Å²) in [5, 5.41) is 9.04. The Balaban J connectivity index is 0.00000280. The summed E-state index contributed by atoms with van der Waals surface area (Å²) in [5.41, 5.74) is 9.77. The van der Waals surface area contributed by atoms with E-state index in [9.17, 15) is 4.79 Å². The van der Waals surface area contributed by atoms with Gasteiger partial charge in [-0.2, -0.15) is 0 Å². The van der Waals surface area contributed by atoms with E-state index in [4.69, 9.17) is 10.8 Å². The summed E-state index contributed by atoms with van der Waals surface area (Å²) in [6.07, 6.45) is 5.20. The van der Waals surface area contributed by atoms with Crippen LogP contribution in [0.1, 0.15) is 29.5 Å². The fraction of sp³-hybridized carbons (Fsp3) is 0.435. The molecule has 0 aliphatic carbocycles. The van der Waals surface area contributed by atoms with Gasteiger partial charge in [0.15, 0.2) is 0 Å². The lowest BCUT2D eigenvalue weighted by Gasteiger charge is -2.33. The molecule has 0 aromatic heterocycles. The molecule has 1 fully saturated rings. The van der Waals surface area contributed by atoms with E-state index in [2.05, 4.69) is 54.6 Å². The molecule has 2 aromatic rings. The van der Waals surface area contributed by atoms with Crippen molar-refractivity contribution in [1.29, 1.82) is 0 Å². The third-order valence-electron chi connectivity index (χ3n) is 5.53. The topological polar surface area (TPSA) is 66.6 Å². The van der Waals surface area contributed by atoms with Crippen molar-refractivity contribution in [3.8, 4) is 0 Å². The van der Waals surface area contributed by atoms with E-state index >= 15 is 0 Å². The first-order chi connectivity index (χ1) is 13.2. The fourth-order valence-corrected chi connectivity index (χ4v) is 3.78. The molecule has 0 bridgehead atoms. The van der Waals surface area contributed by atoms with Crippen LogP contribution in [0.4, 0.5) is 0 Å². The van der Waals surface area contributed by atoms with E-state index in [0.29, 0.717) is 5.92 Å². The molecule has 5 heteroatoms. The summed E-state index contributed by atoms with van der Waals surface area (Å²) in [4.78, 5) is 13.8. The maximum atomic E-state index is 12.0. The fourth-order valence-electron chi connectivity index (χ4n) is 3.78. The van der Waals surface area contributed by atoms with Crippen molar-refractivity contribution in [3.05, 3.63) is 71.3 Å². The van der Waals surface area contributed by atoms with E-state index in [1.165, 1.54) is 16.7 Å². The van der Waals surface area contributed by atoms with Crippen LogP contribution >= 0.6 is 12.4 Å². The van der Waals surface area contributed by atoms with E-state index in [0.717, 1.165) is 45.2 Å². The average molecular weight is 403 g/mol. The van der Waals surface area contributed by atoms with Crippen molar-refractivity contribution < 1.29 is 9.90 Å². The number of aryl methyl sites for hydroxylation is 2. The molecule has 3 N–H and O–H groups in total. The second kappa shape index (κ2) is 11.2. The molecule has 3 rings (SSSR count). The number of piperidine rings is 1. The van der Waals surface area contributed by atoms with E-state index in [-0.39, 0.29) is 24.9 Å². The molecular weight excluding hydrogens is 372 g/mol. The Labute approximate surface area is 174 Å². The second-order valence-electron chi connectivity index (χ2n) is 7.56. The molecule has 2 aromatic carbocycles. The maximum Gasteiger partial charge on any atom is 0.241 e. The molecule has 1 saturated heterocycles. The number of rotatable bonds is 7. The molecule has 0 radical (unpaired) electrons. The number of aliphatic hydroxyl groups excluding tert-OH is 1. The van der Waals surface area contributed by atoms with Gasteiger partial charge < -0.3 is 15.7 Å². The van der Waals surface area contributed by atoms with Gasteiger partial charge in [-0.25, -0.2) is 0 Å². The third kappa shape index (κ3) is 6.33. The van der Waals surface area contributed by atoms with Crippen LogP contribution in [-0.2, 0) is 24.1 Å². The third-order valence-corrected chi connectivity index (χ3v) is 5.53. The lowest BCUT2D eigenvalue weighted by atomic mass is 9.89. The molecule has 4 nitrogen and oxygen atoms in total. The monoisotopic (exact) mass is 402 g/mol. The minimum absolute atomic E-state index is 0. The molecular formula is C23H31ClN2O2. The minimum Gasteiger partial charge on any atom is -0.394 e.